The highest BCUT2D eigenvalue weighted by Gasteiger charge is 1.97. The molecule has 2 aromatic rings. The minimum absolute atomic E-state index is 0.320. The van der Waals surface area contributed by atoms with E-state index < -0.39 is 11.6 Å². The van der Waals surface area contributed by atoms with Crippen molar-refractivity contribution in [2.24, 2.45) is 0 Å². The van der Waals surface area contributed by atoms with Gasteiger partial charge in [-0.1, -0.05) is 24.3 Å². The van der Waals surface area contributed by atoms with Gasteiger partial charge in [-0.3, -0.25) is 0 Å². The molecule has 0 N–H and O–H groups in total. The largest absolute Gasteiger partial charge is 0.207 e. The smallest absolute Gasteiger partial charge is 0.126 e. The summed E-state index contributed by atoms with van der Waals surface area (Å²) in [7, 11) is 0. The van der Waals surface area contributed by atoms with Gasteiger partial charge in [0.15, 0.2) is 0 Å². The van der Waals surface area contributed by atoms with Crippen LogP contribution in [0.5, 0.6) is 0 Å². The number of halogens is 3. The second kappa shape index (κ2) is 4.87. The van der Waals surface area contributed by atoms with E-state index in [2.05, 4.69) is 0 Å². The van der Waals surface area contributed by atoms with Crippen LogP contribution in [-0.4, -0.2) is 0 Å². The zero-order chi connectivity index (χ0) is 12.3. The van der Waals surface area contributed by atoms with Gasteiger partial charge in [0.05, 0.1) is 0 Å². The SMILES string of the molecule is Fc1ccc(C=Cc2cc(F)cc(F)c2)cc1. The molecule has 0 bridgehead atoms. The summed E-state index contributed by atoms with van der Waals surface area (Å²) in [5, 5.41) is 0. The van der Waals surface area contributed by atoms with Crippen LogP contribution in [0.2, 0.25) is 0 Å². The van der Waals surface area contributed by atoms with Gasteiger partial charge in [0, 0.05) is 6.07 Å². The predicted octanol–water partition coefficient (Wildman–Crippen LogP) is 4.27. The van der Waals surface area contributed by atoms with Crippen molar-refractivity contribution in [3.63, 3.8) is 0 Å². The first kappa shape index (κ1) is 11.5. The van der Waals surface area contributed by atoms with Crippen LogP contribution in [0, 0.1) is 17.5 Å². The predicted molar refractivity (Wildman–Crippen MR) is 61.7 cm³/mol. The molecule has 17 heavy (non-hydrogen) atoms. The van der Waals surface area contributed by atoms with Crippen molar-refractivity contribution in [2.75, 3.05) is 0 Å². The lowest BCUT2D eigenvalue weighted by Gasteiger charge is -1.96. The van der Waals surface area contributed by atoms with Gasteiger partial charge in [0.2, 0.25) is 0 Å². The molecule has 0 heterocycles. The van der Waals surface area contributed by atoms with Gasteiger partial charge >= 0.3 is 0 Å². The van der Waals surface area contributed by atoms with Crippen molar-refractivity contribution < 1.29 is 13.2 Å². The first-order valence-corrected chi connectivity index (χ1v) is 5.03. The molecule has 0 aliphatic heterocycles. The molecular formula is C14H9F3. The van der Waals surface area contributed by atoms with Crippen LogP contribution in [0.25, 0.3) is 12.2 Å². The quantitative estimate of drug-likeness (QED) is 0.680. The molecule has 2 aromatic carbocycles. The summed E-state index contributed by atoms with van der Waals surface area (Å²) in [5.74, 6) is -1.56. The van der Waals surface area contributed by atoms with Gasteiger partial charge in [-0.15, -0.1) is 0 Å². The van der Waals surface area contributed by atoms with Crippen LogP contribution in [0.15, 0.2) is 42.5 Å². The van der Waals surface area contributed by atoms with E-state index in [-0.39, 0.29) is 5.82 Å². The summed E-state index contributed by atoms with van der Waals surface area (Å²) in [5.41, 5.74) is 1.18. The molecule has 0 unspecified atom stereocenters. The Kier molecular flexibility index (Phi) is 3.28. The van der Waals surface area contributed by atoms with Crippen LogP contribution < -0.4 is 0 Å². The van der Waals surface area contributed by atoms with Crippen molar-refractivity contribution >= 4 is 12.2 Å². The van der Waals surface area contributed by atoms with E-state index in [0.29, 0.717) is 5.56 Å². The Morgan fingerprint density at radius 1 is 0.588 bits per heavy atom. The molecule has 0 nitrogen and oxygen atoms in total. The van der Waals surface area contributed by atoms with E-state index in [4.69, 9.17) is 0 Å². The van der Waals surface area contributed by atoms with Gasteiger partial charge in [-0.2, -0.15) is 0 Å². The Labute approximate surface area is 97.0 Å². The molecule has 0 spiro atoms. The second-order valence-electron chi connectivity index (χ2n) is 3.59. The van der Waals surface area contributed by atoms with Gasteiger partial charge in [-0.25, -0.2) is 13.2 Å². The van der Waals surface area contributed by atoms with Crippen molar-refractivity contribution in [1.29, 1.82) is 0 Å². The third-order valence-electron chi connectivity index (χ3n) is 2.22. The van der Waals surface area contributed by atoms with Crippen LogP contribution in [0.1, 0.15) is 11.1 Å². The maximum atomic E-state index is 12.9. The first-order valence-electron chi connectivity index (χ1n) is 5.03. The van der Waals surface area contributed by atoms with Crippen LogP contribution in [-0.2, 0) is 0 Å². The van der Waals surface area contributed by atoms with Gasteiger partial charge < -0.3 is 0 Å². The zero-order valence-corrected chi connectivity index (χ0v) is 8.83. The Balaban J connectivity index is 2.22. The van der Waals surface area contributed by atoms with Gasteiger partial charge in [0.1, 0.15) is 17.5 Å². The summed E-state index contributed by atoms with van der Waals surface area (Å²) in [6.07, 6.45) is 3.23. The summed E-state index contributed by atoms with van der Waals surface area (Å²) in [6, 6.07) is 9.09. The van der Waals surface area contributed by atoms with Crippen molar-refractivity contribution in [3.8, 4) is 0 Å². The average Bonchev–Trinajstić information content (AvgIpc) is 2.27. The van der Waals surface area contributed by atoms with Crippen molar-refractivity contribution in [3.05, 3.63) is 71.0 Å². The minimum atomic E-state index is -0.622. The molecule has 0 radical (unpaired) electrons. The van der Waals surface area contributed by atoms with E-state index in [0.717, 1.165) is 11.6 Å². The highest BCUT2D eigenvalue weighted by atomic mass is 19.1. The Bertz CT molecular complexity index is 522. The van der Waals surface area contributed by atoms with E-state index in [1.54, 1.807) is 24.3 Å². The molecule has 0 atom stereocenters. The van der Waals surface area contributed by atoms with Gasteiger partial charge in [-0.05, 0) is 35.4 Å². The van der Waals surface area contributed by atoms with Crippen LogP contribution >= 0.6 is 0 Å². The lowest BCUT2D eigenvalue weighted by atomic mass is 10.1. The van der Waals surface area contributed by atoms with E-state index in [1.807, 2.05) is 0 Å². The second-order valence-corrected chi connectivity index (χ2v) is 3.59. The fraction of sp³-hybridized carbons (Fsp3) is 0. The summed E-state index contributed by atoms with van der Waals surface area (Å²) < 4.78 is 38.4. The summed E-state index contributed by atoms with van der Waals surface area (Å²) >= 11 is 0. The Morgan fingerprint density at radius 3 is 1.71 bits per heavy atom. The summed E-state index contributed by atoms with van der Waals surface area (Å²) in [6.45, 7) is 0. The number of rotatable bonds is 2. The lowest BCUT2D eigenvalue weighted by Crippen LogP contribution is -1.81. The van der Waals surface area contributed by atoms with E-state index in [1.165, 1.54) is 24.3 Å². The summed E-state index contributed by atoms with van der Waals surface area (Å²) in [4.78, 5) is 0. The van der Waals surface area contributed by atoms with Crippen molar-refractivity contribution in [2.45, 2.75) is 0 Å². The third kappa shape index (κ3) is 3.21. The average molecular weight is 234 g/mol. The topological polar surface area (TPSA) is 0 Å². The van der Waals surface area contributed by atoms with Crippen molar-refractivity contribution in [1.82, 2.24) is 0 Å². The molecule has 0 fully saturated rings. The first-order chi connectivity index (χ1) is 8.13. The van der Waals surface area contributed by atoms with Gasteiger partial charge in [0.25, 0.3) is 0 Å². The standard InChI is InChI=1S/C14H9F3/c15-12-5-3-10(4-6-12)1-2-11-7-13(16)9-14(17)8-11/h1-9H. The maximum absolute atomic E-state index is 12.9. The number of hydrogen-bond donors (Lipinski definition) is 0. The monoisotopic (exact) mass is 234 g/mol. The van der Waals surface area contributed by atoms with Crippen LogP contribution in [0.4, 0.5) is 13.2 Å². The fourth-order valence-electron chi connectivity index (χ4n) is 1.44. The molecule has 0 aromatic heterocycles. The fourth-order valence-corrected chi connectivity index (χ4v) is 1.44. The number of benzene rings is 2. The highest BCUT2D eigenvalue weighted by Crippen LogP contribution is 2.12. The molecular weight excluding hydrogens is 225 g/mol. The third-order valence-corrected chi connectivity index (χ3v) is 2.22. The van der Waals surface area contributed by atoms with Crippen LogP contribution in [0.3, 0.4) is 0 Å². The molecule has 0 saturated carbocycles. The number of hydrogen-bond acceptors (Lipinski definition) is 0. The lowest BCUT2D eigenvalue weighted by molar-refractivity contribution is 0.583. The molecule has 0 saturated heterocycles. The Morgan fingerprint density at radius 2 is 1.12 bits per heavy atom. The normalized spacial score (nSPS) is 11.0. The molecule has 3 heteroatoms. The highest BCUT2D eigenvalue weighted by molar-refractivity contribution is 5.69. The molecule has 2 rings (SSSR count). The van der Waals surface area contributed by atoms with E-state index >= 15 is 0 Å². The molecule has 0 amide bonds. The maximum Gasteiger partial charge on any atom is 0.126 e. The Hall–Kier alpha value is -2.03. The molecule has 86 valence electrons. The minimum Gasteiger partial charge on any atom is -0.207 e. The molecule has 0 aliphatic carbocycles. The zero-order valence-electron chi connectivity index (χ0n) is 8.83. The van der Waals surface area contributed by atoms with E-state index in [9.17, 15) is 13.2 Å². The molecule has 0 aliphatic rings.